The molecule has 0 saturated carbocycles. The number of primary sulfonamides is 1. The topological polar surface area (TPSA) is 106 Å². The molecule has 4 N–H and O–H groups in total. The molecule has 6 nitrogen and oxygen atoms in total. The van der Waals surface area contributed by atoms with E-state index in [1.165, 1.54) is 11.0 Å². The summed E-state index contributed by atoms with van der Waals surface area (Å²) in [7, 11) is -3.66. The third-order valence-corrected chi connectivity index (χ3v) is 4.63. The average Bonchev–Trinajstić information content (AvgIpc) is 2.62. The van der Waals surface area contributed by atoms with Crippen molar-refractivity contribution in [2.45, 2.75) is 6.42 Å². The number of carbonyl (C=O) groups excluding carboxylic acids is 1. The van der Waals surface area contributed by atoms with Gasteiger partial charge in [0.05, 0.1) is 17.1 Å². The van der Waals surface area contributed by atoms with E-state index < -0.39 is 21.8 Å². The van der Waals surface area contributed by atoms with Crippen LogP contribution in [0, 0.1) is 11.7 Å². The van der Waals surface area contributed by atoms with Crippen molar-refractivity contribution in [2.24, 2.45) is 11.1 Å². The zero-order valence-electron chi connectivity index (χ0n) is 10.3. The Morgan fingerprint density at radius 2 is 2.10 bits per heavy atom. The Balaban J connectivity index is 2.29. The lowest BCUT2D eigenvalue weighted by atomic mass is 10.1. The van der Waals surface area contributed by atoms with E-state index in [2.05, 4.69) is 15.9 Å². The van der Waals surface area contributed by atoms with Crippen LogP contribution < -0.4 is 15.8 Å². The standard InChI is InChI=1S/C11H13BrFN3O3S/c12-8-2-7(13)3-9(11(8)14)16-4-6(1-10(16)17)5-20(15,18)19/h2-3,6H,1,4-5,14H2,(H2,15,18,19). The van der Waals surface area contributed by atoms with Crippen LogP contribution in [0.4, 0.5) is 15.8 Å². The van der Waals surface area contributed by atoms with Crippen LogP contribution in [0.25, 0.3) is 0 Å². The van der Waals surface area contributed by atoms with E-state index in [1.807, 2.05) is 0 Å². The van der Waals surface area contributed by atoms with Gasteiger partial charge in [-0.25, -0.2) is 17.9 Å². The molecule has 0 bridgehead atoms. The van der Waals surface area contributed by atoms with E-state index in [9.17, 15) is 17.6 Å². The molecule has 0 spiro atoms. The number of nitrogens with two attached hydrogens (primary N) is 2. The second-order valence-corrected chi connectivity index (χ2v) is 7.24. The normalized spacial score (nSPS) is 19.6. The van der Waals surface area contributed by atoms with Gasteiger partial charge in [-0.05, 0) is 28.1 Å². The van der Waals surface area contributed by atoms with Crippen molar-refractivity contribution in [3.05, 3.63) is 22.4 Å². The van der Waals surface area contributed by atoms with Gasteiger partial charge < -0.3 is 10.6 Å². The van der Waals surface area contributed by atoms with Crippen LogP contribution in [0.3, 0.4) is 0 Å². The number of amides is 1. The van der Waals surface area contributed by atoms with Crippen LogP contribution >= 0.6 is 15.9 Å². The Bertz CT molecular complexity index is 665. The molecule has 1 amide bonds. The Kier molecular flexibility index (Phi) is 4.03. The van der Waals surface area contributed by atoms with E-state index >= 15 is 0 Å². The molecule has 1 saturated heterocycles. The fourth-order valence-electron chi connectivity index (χ4n) is 2.25. The summed E-state index contributed by atoms with van der Waals surface area (Å²) in [6.45, 7) is 0.148. The number of anilines is 2. The maximum Gasteiger partial charge on any atom is 0.227 e. The minimum atomic E-state index is -3.66. The summed E-state index contributed by atoms with van der Waals surface area (Å²) in [6, 6.07) is 2.35. The van der Waals surface area contributed by atoms with Gasteiger partial charge in [0.2, 0.25) is 15.9 Å². The highest BCUT2D eigenvalue weighted by Gasteiger charge is 2.34. The summed E-state index contributed by atoms with van der Waals surface area (Å²) in [4.78, 5) is 13.2. The second kappa shape index (κ2) is 5.30. The summed E-state index contributed by atoms with van der Waals surface area (Å²) in [5, 5.41) is 4.97. The van der Waals surface area contributed by atoms with Crippen molar-refractivity contribution in [1.82, 2.24) is 0 Å². The van der Waals surface area contributed by atoms with Gasteiger partial charge in [-0.2, -0.15) is 0 Å². The van der Waals surface area contributed by atoms with Gasteiger partial charge in [0.25, 0.3) is 0 Å². The third kappa shape index (κ3) is 3.28. The number of carbonyl (C=O) groups is 1. The van der Waals surface area contributed by atoms with Crippen LogP contribution in [0.15, 0.2) is 16.6 Å². The van der Waals surface area contributed by atoms with Crippen molar-refractivity contribution in [2.75, 3.05) is 22.9 Å². The first-order valence-electron chi connectivity index (χ1n) is 5.72. The number of rotatable bonds is 3. The molecule has 1 aromatic carbocycles. The van der Waals surface area contributed by atoms with Gasteiger partial charge in [-0.15, -0.1) is 0 Å². The van der Waals surface area contributed by atoms with E-state index in [-0.39, 0.29) is 36.0 Å². The highest BCUT2D eigenvalue weighted by molar-refractivity contribution is 9.10. The predicted molar refractivity (Wildman–Crippen MR) is 76.9 cm³/mol. The van der Waals surface area contributed by atoms with E-state index in [0.29, 0.717) is 4.47 Å². The highest BCUT2D eigenvalue weighted by Crippen LogP contribution is 2.35. The number of nitrogen functional groups attached to an aromatic ring is 1. The van der Waals surface area contributed by atoms with E-state index in [1.54, 1.807) is 0 Å². The smallest absolute Gasteiger partial charge is 0.227 e. The molecule has 2 rings (SSSR count). The molecule has 1 heterocycles. The number of halogens is 2. The predicted octanol–water partition coefficient (Wildman–Crippen LogP) is 0.812. The lowest BCUT2D eigenvalue weighted by molar-refractivity contribution is -0.117. The maximum absolute atomic E-state index is 13.4. The van der Waals surface area contributed by atoms with Crippen LogP contribution in [-0.2, 0) is 14.8 Å². The van der Waals surface area contributed by atoms with Crippen molar-refractivity contribution < 1.29 is 17.6 Å². The van der Waals surface area contributed by atoms with Crippen LogP contribution in [0.1, 0.15) is 6.42 Å². The molecule has 0 aromatic heterocycles. The molecule has 1 atom stereocenters. The lowest BCUT2D eigenvalue weighted by Gasteiger charge is -2.19. The van der Waals surface area contributed by atoms with E-state index in [0.717, 1.165) is 6.07 Å². The largest absolute Gasteiger partial charge is 0.396 e. The molecule has 0 aliphatic carbocycles. The first-order valence-corrected chi connectivity index (χ1v) is 8.23. The molecule has 0 radical (unpaired) electrons. The SMILES string of the molecule is Nc1c(Br)cc(F)cc1N1CC(CS(N)(=O)=O)CC1=O. The fraction of sp³-hybridized carbons (Fsp3) is 0.364. The monoisotopic (exact) mass is 365 g/mol. The molecular formula is C11H13BrFN3O3S. The minimum Gasteiger partial charge on any atom is -0.396 e. The van der Waals surface area contributed by atoms with Crippen LogP contribution in [0.2, 0.25) is 0 Å². The Morgan fingerprint density at radius 3 is 2.70 bits per heavy atom. The number of sulfonamides is 1. The number of hydrogen-bond donors (Lipinski definition) is 2. The molecule has 1 aromatic rings. The highest BCUT2D eigenvalue weighted by atomic mass is 79.9. The van der Waals surface area contributed by atoms with Gasteiger partial charge in [-0.3, -0.25) is 4.79 Å². The van der Waals surface area contributed by atoms with Crippen molar-refractivity contribution in [3.8, 4) is 0 Å². The van der Waals surface area contributed by atoms with Crippen molar-refractivity contribution in [3.63, 3.8) is 0 Å². The molecule has 1 aliphatic rings. The fourth-order valence-corrected chi connectivity index (χ4v) is 3.55. The molecule has 110 valence electrons. The van der Waals surface area contributed by atoms with Gasteiger partial charge >= 0.3 is 0 Å². The van der Waals surface area contributed by atoms with Gasteiger partial charge in [0.15, 0.2) is 0 Å². The quantitative estimate of drug-likeness (QED) is 0.772. The number of benzene rings is 1. The van der Waals surface area contributed by atoms with Gasteiger partial charge in [-0.1, -0.05) is 0 Å². The molecule has 1 unspecified atom stereocenters. The maximum atomic E-state index is 13.4. The first-order chi connectivity index (χ1) is 9.17. The summed E-state index contributed by atoms with van der Waals surface area (Å²) in [5.74, 6) is -1.54. The Hall–Kier alpha value is -1.19. The zero-order valence-corrected chi connectivity index (χ0v) is 12.7. The summed E-state index contributed by atoms with van der Waals surface area (Å²) < 4.78 is 35.9. The summed E-state index contributed by atoms with van der Waals surface area (Å²) in [5.41, 5.74) is 6.28. The third-order valence-electron chi connectivity index (χ3n) is 3.04. The van der Waals surface area contributed by atoms with Crippen molar-refractivity contribution >= 4 is 43.2 Å². The number of hydrogen-bond acceptors (Lipinski definition) is 4. The average molecular weight is 366 g/mol. The Morgan fingerprint density at radius 1 is 1.45 bits per heavy atom. The summed E-state index contributed by atoms with van der Waals surface area (Å²) >= 11 is 3.11. The van der Waals surface area contributed by atoms with Crippen molar-refractivity contribution in [1.29, 1.82) is 0 Å². The molecule has 9 heteroatoms. The van der Waals surface area contributed by atoms with Crippen LogP contribution in [-0.4, -0.2) is 26.6 Å². The minimum absolute atomic E-state index is 0.0456. The zero-order chi connectivity index (χ0) is 15.1. The molecule has 1 fully saturated rings. The second-order valence-electron chi connectivity index (χ2n) is 4.72. The summed E-state index contributed by atoms with van der Waals surface area (Å²) in [6.07, 6.45) is 0.0456. The molecular weight excluding hydrogens is 353 g/mol. The Labute approximate surface area is 124 Å². The van der Waals surface area contributed by atoms with Gasteiger partial charge in [0.1, 0.15) is 5.82 Å². The van der Waals surface area contributed by atoms with Gasteiger partial charge in [0, 0.05) is 23.4 Å². The lowest BCUT2D eigenvalue weighted by Crippen LogP contribution is -2.28. The van der Waals surface area contributed by atoms with E-state index in [4.69, 9.17) is 10.9 Å². The first kappa shape index (κ1) is 15.2. The molecule has 1 aliphatic heterocycles. The number of nitrogens with zero attached hydrogens (tertiary/aromatic N) is 1. The van der Waals surface area contributed by atoms with Crippen LogP contribution in [0.5, 0.6) is 0 Å². The molecule has 20 heavy (non-hydrogen) atoms.